The first-order valence-corrected chi connectivity index (χ1v) is 17.5. The first kappa shape index (κ1) is 37.2. The van der Waals surface area contributed by atoms with E-state index in [-0.39, 0.29) is 0 Å². The van der Waals surface area contributed by atoms with Crippen molar-refractivity contribution in [1.82, 2.24) is 5.32 Å². The summed E-state index contributed by atoms with van der Waals surface area (Å²) in [5.41, 5.74) is 0. The molecule has 0 atom stereocenters. The van der Waals surface area contributed by atoms with Gasteiger partial charge in [-0.05, 0) is 90.1 Å². The molecule has 1 N–H and O–H groups in total. The molecular weight excluding hydrogens is 458 g/mol. The lowest BCUT2D eigenvalue weighted by Gasteiger charge is -2.05. The normalized spacial score (nSPS) is 11.8. The second-order valence-corrected chi connectivity index (χ2v) is 11.7. The Kier molecular flexibility index (Phi) is 35.4. The Morgan fingerprint density at radius 1 is 0.368 bits per heavy atom. The van der Waals surface area contributed by atoms with Gasteiger partial charge in [0.2, 0.25) is 0 Å². The van der Waals surface area contributed by atoms with Gasteiger partial charge in [-0.3, -0.25) is 0 Å². The van der Waals surface area contributed by atoms with Gasteiger partial charge in [0, 0.05) is 0 Å². The van der Waals surface area contributed by atoms with Crippen LogP contribution in [-0.4, -0.2) is 13.1 Å². The van der Waals surface area contributed by atoms with Gasteiger partial charge in [-0.2, -0.15) is 0 Å². The molecule has 0 saturated heterocycles. The molecular formula is C37H71N. The van der Waals surface area contributed by atoms with E-state index in [0.29, 0.717) is 0 Å². The van der Waals surface area contributed by atoms with Crippen LogP contribution in [0.4, 0.5) is 0 Å². The van der Waals surface area contributed by atoms with E-state index in [1.54, 1.807) is 0 Å². The molecule has 0 aliphatic rings. The Hall–Kier alpha value is -0.820. The zero-order chi connectivity index (χ0) is 27.5. The van der Waals surface area contributed by atoms with Crippen LogP contribution in [-0.2, 0) is 0 Å². The van der Waals surface area contributed by atoms with E-state index in [1.165, 1.54) is 193 Å². The molecule has 0 aromatic carbocycles. The Labute approximate surface area is 241 Å². The quantitative estimate of drug-likeness (QED) is 0.0658. The summed E-state index contributed by atoms with van der Waals surface area (Å²) in [6.45, 7) is 8.53. The maximum absolute atomic E-state index is 3.79. The van der Waals surface area contributed by atoms with Crippen LogP contribution in [0.1, 0.15) is 187 Å². The summed E-state index contributed by atoms with van der Waals surface area (Å²) in [4.78, 5) is 0. The van der Waals surface area contributed by atoms with Crippen LogP contribution in [0, 0.1) is 0 Å². The van der Waals surface area contributed by atoms with Crippen molar-refractivity contribution < 1.29 is 0 Å². The van der Waals surface area contributed by atoms with Crippen LogP contribution in [0.15, 0.2) is 37.0 Å². The number of nitrogens with one attached hydrogen (secondary N) is 1. The van der Waals surface area contributed by atoms with Crippen molar-refractivity contribution in [2.24, 2.45) is 0 Å². The van der Waals surface area contributed by atoms with Crippen LogP contribution in [0.2, 0.25) is 0 Å². The van der Waals surface area contributed by atoms with E-state index in [9.17, 15) is 0 Å². The molecule has 224 valence electrons. The third kappa shape index (κ3) is 35.2. The minimum Gasteiger partial charge on any atom is -0.317 e. The third-order valence-electron chi connectivity index (χ3n) is 7.79. The minimum absolute atomic E-state index is 1.19. The average molecular weight is 530 g/mol. The van der Waals surface area contributed by atoms with E-state index >= 15 is 0 Å². The summed E-state index contributed by atoms with van der Waals surface area (Å²) in [6, 6.07) is 0. The highest BCUT2D eigenvalue weighted by atomic mass is 14.8. The van der Waals surface area contributed by atoms with E-state index in [4.69, 9.17) is 0 Å². The first-order valence-electron chi connectivity index (χ1n) is 17.5. The summed E-state index contributed by atoms with van der Waals surface area (Å²) in [5, 5.41) is 3.67. The zero-order valence-electron chi connectivity index (χ0n) is 26.3. The Bertz CT molecular complexity index is 477. The maximum atomic E-state index is 3.79. The molecule has 0 bridgehead atoms. The molecule has 0 unspecified atom stereocenters. The molecule has 0 aromatic heterocycles. The van der Waals surface area contributed by atoms with E-state index in [2.05, 4.69) is 43.1 Å². The number of allylic oxidation sites excluding steroid dienone is 5. The van der Waals surface area contributed by atoms with Gasteiger partial charge in [0.25, 0.3) is 0 Å². The van der Waals surface area contributed by atoms with Gasteiger partial charge in [-0.15, -0.1) is 6.58 Å². The molecule has 38 heavy (non-hydrogen) atoms. The predicted octanol–water partition coefficient (Wildman–Crippen LogP) is 12.8. The fourth-order valence-electron chi connectivity index (χ4n) is 5.16. The van der Waals surface area contributed by atoms with Gasteiger partial charge in [0.1, 0.15) is 0 Å². The third-order valence-corrected chi connectivity index (χ3v) is 7.79. The number of rotatable bonds is 33. The molecule has 0 radical (unpaired) electrons. The summed E-state index contributed by atoms with van der Waals surface area (Å²) >= 11 is 0. The maximum Gasteiger partial charge on any atom is -0.00489 e. The Morgan fingerprint density at radius 3 is 1.00 bits per heavy atom. The monoisotopic (exact) mass is 530 g/mol. The Balaban J connectivity index is 3.10. The summed E-state index contributed by atoms with van der Waals surface area (Å²) in [5.74, 6) is 0. The smallest absolute Gasteiger partial charge is 0.00489 e. The van der Waals surface area contributed by atoms with Gasteiger partial charge < -0.3 is 5.32 Å². The number of unbranched alkanes of at least 4 members (excludes halogenated alkanes) is 24. The van der Waals surface area contributed by atoms with Gasteiger partial charge in [-0.25, -0.2) is 0 Å². The molecule has 0 heterocycles. The van der Waals surface area contributed by atoms with Crippen molar-refractivity contribution in [3.05, 3.63) is 37.0 Å². The van der Waals surface area contributed by atoms with Crippen molar-refractivity contribution in [2.45, 2.75) is 187 Å². The Morgan fingerprint density at radius 2 is 0.658 bits per heavy atom. The molecule has 0 aliphatic heterocycles. The van der Waals surface area contributed by atoms with Crippen LogP contribution < -0.4 is 5.32 Å². The van der Waals surface area contributed by atoms with Gasteiger partial charge in [0.05, 0.1) is 0 Å². The van der Waals surface area contributed by atoms with Crippen molar-refractivity contribution in [3.8, 4) is 0 Å². The molecule has 0 aromatic rings. The van der Waals surface area contributed by atoms with Gasteiger partial charge >= 0.3 is 0 Å². The van der Waals surface area contributed by atoms with Crippen LogP contribution in [0.3, 0.4) is 0 Å². The lowest BCUT2D eigenvalue weighted by molar-refractivity contribution is 0.539. The van der Waals surface area contributed by atoms with Crippen molar-refractivity contribution in [2.75, 3.05) is 13.1 Å². The molecule has 0 spiro atoms. The highest BCUT2D eigenvalue weighted by Crippen LogP contribution is 2.11. The molecule has 1 nitrogen and oxygen atoms in total. The fourth-order valence-corrected chi connectivity index (χ4v) is 5.16. The van der Waals surface area contributed by atoms with Crippen LogP contribution in [0.25, 0.3) is 0 Å². The van der Waals surface area contributed by atoms with Crippen LogP contribution in [0.5, 0.6) is 0 Å². The van der Waals surface area contributed by atoms with E-state index < -0.39 is 0 Å². The number of hydrogen-bond acceptors (Lipinski definition) is 1. The highest BCUT2D eigenvalue weighted by Gasteiger charge is 1.94. The van der Waals surface area contributed by atoms with Crippen molar-refractivity contribution >= 4 is 0 Å². The average Bonchev–Trinajstić information content (AvgIpc) is 2.93. The zero-order valence-corrected chi connectivity index (χ0v) is 26.3. The summed E-state index contributed by atoms with van der Waals surface area (Å²) in [7, 11) is 0. The van der Waals surface area contributed by atoms with Crippen molar-refractivity contribution in [1.29, 1.82) is 0 Å². The van der Waals surface area contributed by atoms with Crippen molar-refractivity contribution in [3.63, 3.8) is 0 Å². The lowest BCUT2D eigenvalue weighted by atomic mass is 10.1. The number of hydrogen-bond donors (Lipinski definition) is 1. The summed E-state index contributed by atoms with van der Waals surface area (Å²) < 4.78 is 0. The summed E-state index contributed by atoms with van der Waals surface area (Å²) in [6.07, 6.45) is 50.3. The molecule has 0 saturated carbocycles. The van der Waals surface area contributed by atoms with E-state index in [0.717, 1.165) is 0 Å². The van der Waals surface area contributed by atoms with Gasteiger partial charge in [-0.1, -0.05) is 140 Å². The second-order valence-electron chi connectivity index (χ2n) is 11.7. The largest absolute Gasteiger partial charge is 0.317 e. The molecule has 1 heteroatoms. The molecule has 0 rings (SSSR count). The first-order chi connectivity index (χ1) is 18.9. The predicted molar refractivity (Wildman–Crippen MR) is 176 cm³/mol. The SMILES string of the molecule is C=CCCCCCCCC=CCCCCCCCCNCCCCCCCCC=CCCCCCCCC. The topological polar surface area (TPSA) is 12.0 Å². The van der Waals surface area contributed by atoms with Gasteiger partial charge in [0.15, 0.2) is 0 Å². The molecule has 0 aliphatic carbocycles. The lowest BCUT2D eigenvalue weighted by Crippen LogP contribution is -2.16. The minimum atomic E-state index is 1.19. The highest BCUT2D eigenvalue weighted by molar-refractivity contribution is 4.82. The standard InChI is InChI=1S/C37H71N/c1-3-5-7-9-11-13-15-17-19-21-23-25-27-29-31-33-35-37-38-36-34-32-30-28-26-24-22-20-18-16-14-12-10-8-6-4-2/h3,18-21,38H,1,4-17,22-37H2,2H3. The van der Waals surface area contributed by atoms with E-state index in [1.807, 2.05) is 6.08 Å². The second kappa shape index (κ2) is 36.2. The fraction of sp³-hybridized carbons (Fsp3) is 0.838. The molecule has 0 amide bonds. The van der Waals surface area contributed by atoms with Crippen LogP contribution >= 0.6 is 0 Å². The molecule has 0 fully saturated rings.